The number of benzene rings is 1. The fourth-order valence-corrected chi connectivity index (χ4v) is 2.60. The fraction of sp³-hybridized carbons (Fsp3) is 0.400. The van der Waals surface area contributed by atoms with Gasteiger partial charge in [-0.2, -0.15) is 13.2 Å². The lowest BCUT2D eigenvalue weighted by Gasteiger charge is -2.37. The molecule has 3 N–H and O–H groups in total. The van der Waals surface area contributed by atoms with Gasteiger partial charge in [0.05, 0.1) is 6.61 Å². The summed E-state index contributed by atoms with van der Waals surface area (Å²) in [4.78, 5) is 11.7. The molecule has 0 bridgehead atoms. The van der Waals surface area contributed by atoms with Gasteiger partial charge in [0.1, 0.15) is 0 Å². The van der Waals surface area contributed by atoms with E-state index in [0.717, 1.165) is 18.9 Å². The Labute approximate surface area is 135 Å². The van der Waals surface area contributed by atoms with Crippen LogP contribution in [-0.4, -0.2) is 17.3 Å². The van der Waals surface area contributed by atoms with E-state index in [0.29, 0.717) is 0 Å². The van der Waals surface area contributed by atoms with Crippen molar-refractivity contribution in [2.24, 2.45) is 5.92 Å². The number of carbonyl (C=O) groups is 1. The zero-order valence-corrected chi connectivity index (χ0v) is 12.5. The summed E-state index contributed by atoms with van der Waals surface area (Å²) < 4.78 is 41.4. The van der Waals surface area contributed by atoms with Gasteiger partial charge in [-0.15, -0.1) is 0 Å². The first kappa shape index (κ1) is 16.0. The van der Waals surface area contributed by atoms with Crippen molar-refractivity contribution in [1.29, 1.82) is 0 Å². The lowest BCUT2D eigenvalue weighted by molar-refractivity contribution is -0.178. The summed E-state index contributed by atoms with van der Waals surface area (Å²) in [6.07, 6.45) is -3.32. The van der Waals surface area contributed by atoms with Crippen LogP contribution < -0.4 is 10.6 Å². The molecule has 1 fully saturated rings. The van der Waals surface area contributed by atoms with E-state index in [2.05, 4.69) is 17.2 Å². The smallest absolute Gasteiger partial charge is 0.392 e. The molecule has 1 saturated carbocycles. The summed E-state index contributed by atoms with van der Waals surface area (Å²) >= 11 is 5.93. The third-order valence-electron chi connectivity index (χ3n) is 3.78. The number of nitrogens with one attached hydrogen (secondary N) is 2. The molecule has 0 saturated heterocycles. The lowest BCUT2D eigenvalue weighted by Crippen LogP contribution is -2.59. The number of halogens is 4. The first-order valence-corrected chi connectivity index (χ1v) is 7.27. The van der Waals surface area contributed by atoms with Crippen LogP contribution in [0.25, 0.3) is 0 Å². The number of alkyl halides is 3. The zero-order chi connectivity index (χ0) is 16.8. The molecule has 1 atom stereocenters. The van der Waals surface area contributed by atoms with Gasteiger partial charge in [-0.05, 0) is 30.5 Å². The average molecular weight is 345 g/mol. The van der Waals surface area contributed by atoms with Crippen molar-refractivity contribution in [2.75, 3.05) is 5.32 Å². The molecule has 0 unspecified atom stereocenters. The van der Waals surface area contributed by atoms with Crippen molar-refractivity contribution in [3.63, 3.8) is 0 Å². The number of aliphatic hydroxyl groups excluding tert-OH is 1. The van der Waals surface area contributed by atoms with Gasteiger partial charge in [0.2, 0.25) is 5.54 Å². The number of amides is 2. The second-order valence-electron chi connectivity index (χ2n) is 5.52. The van der Waals surface area contributed by atoms with Crippen molar-refractivity contribution in [1.82, 2.24) is 5.32 Å². The second kappa shape index (κ2) is 5.32. The molecular formula is C15H12ClF3N2O2. The minimum Gasteiger partial charge on any atom is -0.392 e. The van der Waals surface area contributed by atoms with Gasteiger partial charge in [-0.25, -0.2) is 4.79 Å². The van der Waals surface area contributed by atoms with Gasteiger partial charge in [0, 0.05) is 22.2 Å². The van der Waals surface area contributed by atoms with E-state index in [1.165, 1.54) is 6.07 Å². The van der Waals surface area contributed by atoms with E-state index in [9.17, 15) is 23.1 Å². The maximum absolute atomic E-state index is 13.8. The summed E-state index contributed by atoms with van der Waals surface area (Å²) in [5, 5.41) is 13.4. The van der Waals surface area contributed by atoms with E-state index in [1.807, 2.05) is 5.32 Å². The maximum Gasteiger partial charge on any atom is 0.427 e. The highest BCUT2D eigenvalue weighted by Crippen LogP contribution is 2.45. The SMILES string of the molecule is O=C1Nc2cc(CO)c(Cl)cc2[C@@](C#CC2CC2)(C(F)(F)F)N1. The van der Waals surface area contributed by atoms with Crippen LogP contribution in [0.5, 0.6) is 0 Å². The monoisotopic (exact) mass is 344 g/mol. The minimum atomic E-state index is -4.83. The fourth-order valence-electron chi connectivity index (χ4n) is 2.38. The van der Waals surface area contributed by atoms with Crippen molar-refractivity contribution < 1.29 is 23.1 Å². The second-order valence-corrected chi connectivity index (χ2v) is 5.93. The van der Waals surface area contributed by atoms with Crippen molar-refractivity contribution in [3.05, 3.63) is 28.3 Å². The first-order chi connectivity index (χ1) is 10.8. The molecule has 1 heterocycles. The topological polar surface area (TPSA) is 61.4 Å². The standard InChI is InChI=1S/C15H12ClF3N2O2/c16-11-6-10-12(5-9(11)7-22)20-13(23)21-14(10,15(17,18)19)4-3-8-1-2-8/h5-6,8,22H,1-2,7H2,(H2,20,21,23)/t14-/m0/s1. The number of hydrogen-bond acceptors (Lipinski definition) is 2. The molecule has 0 spiro atoms. The van der Waals surface area contributed by atoms with Gasteiger partial charge in [-0.1, -0.05) is 23.4 Å². The quantitative estimate of drug-likeness (QED) is 0.685. The molecule has 8 heteroatoms. The normalized spacial score (nSPS) is 23.3. The Bertz CT molecular complexity index is 735. The molecule has 4 nitrogen and oxygen atoms in total. The average Bonchev–Trinajstić information content (AvgIpc) is 3.27. The summed E-state index contributed by atoms with van der Waals surface area (Å²) in [5.41, 5.74) is -2.94. The number of hydrogen-bond donors (Lipinski definition) is 3. The van der Waals surface area contributed by atoms with E-state index in [4.69, 9.17) is 11.6 Å². The van der Waals surface area contributed by atoms with Crippen LogP contribution in [0.15, 0.2) is 12.1 Å². The van der Waals surface area contributed by atoms with E-state index < -0.39 is 24.4 Å². The van der Waals surface area contributed by atoms with Crippen molar-refractivity contribution in [3.8, 4) is 11.8 Å². The molecule has 0 aromatic heterocycles. The molecule has 1 aromatic carbocycles. The summed E-state index contributed by atoms with van der Waals surface area (Å²) in [6.45, 7) is -0.456. The van der Waals surface area contributed by atoms with Crippen LogP contribution in [0, 0.1) is 17.8 Å². The van der Waals surface area contributed by atoms with Gasteiger partial charge in [0.25, 0.3) is 0 Å². The Morgan fingerprint density at radius 3 is 2.65 bits per heavy atom. The predicted octanol–water partition coefficient (Wildman–Crippen LogP) is 3.14. The number of rotatable bonds is 1. The highest BCUT2D eigenvalue weighted by Gasteiger charge is 2.59. The molecule has 2 aliphatic rings. The van der Waals surface area contributed by atoms with E-state index in [-0.39, 0.29) is 27.8 Å². The largest absolute Gasteiger partial charge is 0.427 e. The van der Waals surface area contributed by atoms with E-state index >= 15 is 0 Å². The Hall–Kier alpha value is -1.91. The highest BCUT2D eigenvalue weighted by molar-refractivity contribution is 6.31. The molecule has 122 valence electrons. The highest BCUT2D eigenvalue weighted by atomic mass is 35.5. The third kappa shape index (κ3) is 2.73. The summed E-state index contributed by atoms with van der Waals surface area (Å²) in [5.74, 6) is 4.73. The molecule has 1 aliphatic carbocycles. The molecule has 1 aliphatic heterocycles. The summed E-state index contributed by atoms with van der Waals surface area (Å²) in [7, 11) is 0. The first-order valence-electron chi connectivity index (χ1n) is 6.89. The third-order valence-corrected chi connectivity index (χ3v) is 4.13. The van der Waals surface area contributed by atoms with Gasteiger partial charge < -0.3 is 15.7 Å². The predicted molar refractivity (Wildman–Crippen MR) is 77.8 cm³/mol. The molecule has 23 heavy (non-hydrogen) atoms. The van der Waals surface area contributed by atoms with Crippen LogP contribution in [0.4, 0.5) is 23.7 Å². The van der Waals surface area contributed by atoms with Gasteiger partial charge in [0.15, 0.2) is 0 Å². The van der Waals surface area contributed by atoms with Gasteiger partial charge >= 0.3 is 12.2 Å². The van der Waals surface area contributed by atoms with Crippen LogP contribution in [0.2, 0.25) is 5.02 Å². The number of aliphatic hydroxyl groups is 1. The maximum atomic E-state index is 13.8. The molecule has 1 aromatic rings. The van der Waals surface area contributed by atoms with Crippen LogP contribution in [0.1, 0.15) is 24.0 Å². The van der Waals surface area contributed by atoms with Crippen molar-refractivity contribution >= 4 is 23.3 Å². The summed E-state index contributed by atoms with van der Waals surface area (Å²) in [6, 6.07) is 1.31. The molecule has 0 radical (unpaired) electrons. The molecule has 3 rings (SSSR count). The number of carbonyl (C=O) groups excluding carboxylic acids is 1. The Balaban J connectivity index is 2.23. The van der Waals surface area contributed by atoms with Crippen LogP contribution in [0.3, 0.4) is 0 Å². The Morgan fingerprint density at radius 2 is 2.09 bits per heavy atom. The molecule has 2 amide bonds. The lowest BCUT2D eigenvalue weighted by atomic mass is 9.85. The zero-order valence-electron chi connectivity index (χ0n) is 11.7. The van der Waals surface area contributed by atoms with Crippen LogP contribution in [-0.2, 0) is 12.1 Å². The van der Waals surface area contributed by atoms with Crippen molar-refractivity contribution in [2.45, 2.75) is 31.2 Å². The van der Waals surface area contributed by atoms with Gasteiger partial charge in [-0.3, -0.25) is 0 Å². The number of urea groups is 1. The Kier molecular flexibility index (Phi) is 3.69. The minimum absolute atomic E-state index is 0.0222. The molecular weight excluding hydrogens is 333 g/mol. The number of fused-ring (bicyclic) bond motifs is 1. The van der Waals surface area contributed by atoms with E-state index in [1.54, 1.807) is 0 Å². The van der Waals surface area contributed by atoms with Crippen LogP contribution >= 0.6 is 11.6 Å². The Morgan fingerprint density at radius 1 is 1.39 bits per heavy atom. The number of anilines is 1.